The molecule has 3 aromatic rings. The number of pyridine rings is 1. The van der Waals surface area contributed by atoms with Crippen LogP contribution in [0.4, 0.5) is 0 Å². The molecule has 1 aromatic carbocycles. The third-order valence-electron chi connectivity index (χ3n) is 8.22. The van der Waals surface area contributed by atoms with Crippen LogP contribution in [0, 0.1) is 0 Å². The maximum Gasteiger partial charge on any atom is 0.112 e. The van der Waals surface area contributed by atoms with Crippen LogP contribution in [0.15, 0.2) is 60.8 Å². The Morgan fingerprint density at radius 1 is 0.689 bits per heavy atom. The Hall–Kier alpha value is -1.74. The first-order chi connectivity index (χ1) is 22.2. The minimum absolute atomic E-state index is 0.0674. The lowest BCUT2D eigenvalue weighted by Crippen LogP contribution is -2.55. The first-order valence-electron chi connectivity index (χ1n) is 17.3. The number of unbranched alkanes of at least 4 members (excludes halogenated alkanes) is 4. The molecular weight excluding hydrogens is 599 g/mol. The predicted octanol–water partition coefficient (Wildman–Crippen LogP) is 9.93. The molecule has 0 N–H and O–H groups in total. The second kappa shape index (κ2) is 20.5. The number of hydrogen-bond donors (Lipinski definition) is 0. The van der Waals surface area contributed by atoms with Gasteiger partial charge in [0, 0.05) is 43.9 Å². The molecule has 0 aliphatic carbocycles. The molecule has 2 aromatic heterocycles. The van der Waals surface area contributed by atoms with Crippen LogP contribution in [0.3, 0.4) is 0 Å². The Kier molecular flexibility index (Phi) is 16.4. The monoisotopic (exact) mass is 653 g/mol. The van der Waals surface area contributed by atoms with E-state index in [9.17, 15) is 0 Å². The molecule has 5 nitrogen and oxygen atoms in total. The van der Waals surface area contributed by atoms with Crippen molar-refractivity contribution >= 4 is 23.1 Å². The Labute approximate surface area is 280 Å². The minimum Gasteiger partial charge on any atom is -0.380 e. The number of thioether (sulfide) groups is 1. The molecule has 3 heterocycles. The molecule has 1 aliphatic rings. The van der Waals surface area contributed by atoms with Gasteiger partial charge in [-0.3, -0.25) is 4.98 Å². The fraction of sp³-hybridized carbons (Fsp3) is 0.605. The topological polar surface area (TPSA) is 49.8 Å². The largest absolute Gasteiger partial charge is 0.380 e. The summed E-state index contributed by atoms with van der Waals surface area (Å²) in [5.41, 5.74) is 3.65. The van der Waals surface area contributed by atoms with Gasteiger partial charge < -0.3 is 18.9 Å². The highest BCUT2D eigenvalue weighted by Gasteiger charge is 2.48. The summed E-state index contributed by atoms with van der Waals surface area (Å²) in [6, 6.07) is 19.7. The van der Waals surface area contributed by atoms with Gasteiger partial charge in [0.25, 0.3) is 0 Å². The van der Waals surface area contributed by atoms with E-state index in [-0.39, 0.29) is 28.8 Å². The molecule has 7 heteroatoms. The van der Waals surface area contributed by atoms with Gasteiger partial charge in [0.05, 0.1) is 27.7 Å². The molecular formula is C38H55NO4S2. The zero-order chi connectivity index (χ0) is 31.7. The highest BCUT2D eigenvalue weighted by atomic mass is 32.2. The average Bonchev–Trinajstić information content (AvgIpc) is 3.53. The number of nitrogens with zero attached hydrogens (tertiary/aromatic N) is 1. The third kappa shape index (κ3) is 11.2. The highest BCUT2D eigenvalue weighted by molar-refractivity contribution is 8.00. The molecule has 4 rings (SSSR count). The van der Waals surface area contributed by atoms with Crippen LogP contribution in [0.25, 0.3) is 10.6 Å². The maximum atomic E-state index is 6.80. The van der Waals surface area contributed by atoms with Gasteiger partial charge >= 0.3 is 0 Å². The van der Waals surface area contributed by atoms with Crippen molar-refractivity contribution in [1.82, 2.24) is 4.98 Å². The standard InChI is InChI=1S/C38H55NO4S2/c1-5-9-22-40-28-34-35(41-23-10-6-2)36(42-24-11-7-3)37(43-25-12-8-4)38(45-34)30-17-15-16-29(26-30)27-31-19-20-33(44-31)32-18-13-14-21-39-32/h13-21,26,34-38H,5-12,22-25,27-28H2,1-4H3/t34-,35-,36+,37-,38+/m1/s1. The van der Waals surface area contributed by atoms with Gasteiger partial charge in [-0.15, -0.1) is 23.1 Å². The molecule has 1 saturated heterocycles. The molecule has 0 saturated carbocycles. The quantitative estimate of drug-likeness (QED) is 0.107. The molecule has 0 unspecified atom stereocenters. The minimum atomic E-state index is -0.141. The van der Waals surface area contributed by atoms with Gasteiger partial charge in [0.15, 0.2) is 0 Å². The second-order valence-electron chi connectivity index (χ2n) is 12.0. The average molecular weight is 654 g/mol. The molecule has 0 radical (unpaired) electrons. The molecule has 0 amide bonds. The van der Waals surface area contributed by atoms with Gasteiger partial charge in [-0.25, -0.2) is 0 Å². The maximum absolute atomic E-state index is 6.80. The van der Waals surface area contributed by atoms with E-state index in [1.807, 2.05) is 41.4 Å². The highest BCUT2D eigenvalue weighted by Crippen LogP contribution is 2.47. The fourth-order valence-corrected chi connectivity index (χ4v) is 8.28. The molecule has 0 bridgehead atoms. The van der Waals surface area contributed by atoms with Crippen molar-refractivity contribution < 1.29 is 18.9 Å². The summed E-state index contributed by atoms with van der Waals surface area (Å²) in [5.74, 6) is 0. The first kappa shape index (κ1) is 36.1. The van der Waals surface area contributed by atoms with Crippen molar-refractivity contribution in [3.63, 3.8) is 0 Å². The predicted molar refractivity (Wildman–Crippen MR) is 191 cm³/mol. The molecule has 1 aliphatic heterocycles. The smallest absolute Gasteiger partial charge is 0.112 e. The third-order valence-corrected chi connectivity index (χ3v) is 10.9. The van der Waals surface area contributed by atoms with Gasteiger partial charge in [0.1, 0.15) is 18.3 Å². The summed E-state index contributed by atoms with van der Waals surface area (Å²) in [4.78, 5) is 7.10. The Bertz CT molecular complexity index is 1210. The SMILES string of the molecule is CCCCOC[C@H]1S[C@@H](c2cccc(Cc3ccc(-c4ccccn4)s3)c2)[C@H](OCCCC)[C@@H](OCCCC)[C@@H]1OCCCC. The number of rotatable bonds is 21. The normalized spacial score (nSPS) is 21.7. The number of hydrogen-bond acceptors (Lipinski definition) is 7. The summed E-state index contributed by atoms with van der Waals surface area (Å²) >= 11 is 3.80. The van der Waals surface area contributed by atoms with E-state index >= 15 is 0 Å². The van der Waals surface area contributed by atoms with E-state index in [0.717, 1.165) is 89.9 Å². The summed E-state index contributed by atoms with van der Waals surface area (Å²) in [7, 11) is 0. The van der Waals surface area contributed by atoms with Crippen LogP contribution in [0.5, 0.6) is 0 Å². The lowest BCUT2D eigenvalue weighted by atomic mass is 9.94. The Balaban J connectivity index is 1.62. The summed E-state index contributed by atoms with van der Waals surface area (Å²) in [6.07, 6.45) is 11.1. The number of ether oxygens (including phenoxy) is 4. The first-order valence-corrected chi connectivity index (χ1v) is 19.1. The van der Waals surface area contributed by atoms with Crippen LogP contribution in [0.2, 0.25) is 0 Å². The molecule has 45 heavy (non-hydrogen) atoms. The van der Waals surface area contributed by atoms with Gasteiger partial charge in [-0.1, -0.05) is 83.7 Å². The van der Waals surface area contributed by atoms with E-state index in [2.05, 4.69) is 75.1 Å². The van der Waals surface area contributed by atoms with Crippen LogP contribution < -0.4 is 0 Å². The molecule has 0 spiro atoms. The van der Waals surface area contributed by atoms with Crippen molar-refractivity contribution in [1.29, 1.82) is 0 Å². The van der Waals surface area contributed by atoms with Crippen molar-refractivity contribution in [2.75, 3.05) is 33.0 Å². The van der Waals surface area contributed by atoms with E-state index in [0.29, 0.717) is 6.61 Å². The zero-order valence-corrected chi connectivity index (χ0v) is 29.6. The van der Waals surface area contributed by atoms with Crippen molar-refractivity contribution in [3.05, 3.63) is 76.8 Å². The van der Waals surface area contributed by atoms with Crippen molar-refractivity contribution in [2.24, 2.45) is 0 Å². The van der Waals surface area contributed by atoms with E-state index in [1.165, 1.54) is 20.9 Å². The van der Waals surface area contributed by atoms with E-state index < -0.39 is 0 Å². The van der Waals surface area contributed by atoms with E-state index in [4.69, 9.17) is 18.9 Å². The van der Waals surface area contributed by atoms with Crippen LogP contribution in [-0.2, 0) is 25.4 Å². The van der Waals surface area contributed by atoms with Gasteiger partial charge in [-0.05, 0) is 61.1 Å². The van der Waals surface area contributed by atoms with E-state index in [1.54, 1.807) is 0 Å². The zero-order valence-electron chi connectivity index (χ0n) is 28.0. The molecule has 1 fully saturated rings. The summed E-state index contributed by atoms with van der Waals surface area (Å²) in [6.45, 7) is 12.5. The number of thiophene rings is 1. The van der Waals surface area contributed by atoms with Crippen molar-refractivity contribution in [2.45, 2.75) is 114 Å². The summed E-state index contributed by atoms with van der Waals surface area (Å²) in [5, 5.41) is 0.301. The molecule has 248 valence electrons. The van der Waals surface area contributed by atoms with Gasteiger partial charge in [-0.2, -0.15) is 0 Å². The number of aromatic nitrogens is 1. The van der Waals surface area contributed by atoms with Crippen molar-refractivity contribution in [3.8, 4) is 10.6 Å². The Morgan fingerprint density at radius 3 is 2.07 bits per heavy atom. The Morgan fingerprint density at radius 2 is 1.38 bits per heavy atom. The van der Waals surface area contributed by atoms with Crippen LogP contribution in [0.1, 0.15) is 100 Å². The lowest BCUT2D eigenvalue weighted by molar-refractivity contribution is -0.149. The second-order valence-corrected chi connectivity index (χ2v) is 14.5. The fourth-order valence-electron chi connectivity index (χ4n) is 5.63. The van der Waals surface area contributed by atoms with Gasteiger partial charge in [0.2, 0.25) is 0 Å². The lowest BCUT2D eigenvalue weighted by Gasteiger charge is -2.46. The van der Waals surface area contributed by atoms with Crippen LogP contribution >= 0.6 is 23.1 Å². The molecule has 5 atom stereocenters. The number of benzene rings is 1. The summed E-state index contributed by atoms with van der Waals surface area (Å²) < 4.78 is 26.5. The van der Waals surface area contributed by atoms with Crippen LogP contribution in [-0.4, -0.2) is 61.6 Å².